The molecule has 4 fully saturated rings. The van der Waals surface area contributed by atoms with Crippen LogP contribution in [0.3, 0.4) is 0 Å². The number of aromatic hydroxyl groups is 1. The number of benzene rings is 1. The smallest absolute Gasteiger partial charge is 0.337 e. The number of hydrogen-bond acceptors (Lipinski definition) is 14. The normalized spacial score (nSPS) is 44.5. The maximum absolute atomic E-state index is 13.1. The topological polar surface area (TPSA) is 214 Å². The van der Waals surface area contributed by atoms with E-state index in [9.17, 15) is 40.2 Å². The number of hydrogen-bond donors (Lipinski definition) is 6. The average Bonchev–Trinajstić information content (AvgIpc) is 3.65. The predicted octanol–water partition coefficient (Wildman–Crippen LogP) is -2.32. The lowest BCUT2D eigenvalue weighted by molar-refractivity contribution is -0.350. The number of aliphatic hydroxyl groups excluding tert-OH is 5. The van der Waals surface area contributed by atoms with E-state index in [1.165, 1.54) is 37.5 Å². The lowest BCUT2D eigenvalue weighted by Crippen LogP contribution is -2.62. The van der Waals surface area contributed by atoms with Gasteiger partial charge in [-0.1, -0.05) is 12.1 Å². The summed E-state index contributed by atoms with van der Waals surface area (Å²) in [5.74, 6) is -3.51. The number of carbonyl (C=O) groups is 2. The van der Waals surface area contributed by atoms with Crippen molar-refractivity contribution in [3.63, 3.8) is 0 Å². The van der Waals surface area contributed by atoms with Crippen LogP contribution in [0.25, 0.3) is 6.08 Å². The monoisotopic (exact) mass is 564 g/mol. The quantitative estimate of drug-likeness (QED) is 0.126. The molecule has 40 heavy (non-hydrogen) atoms. The summed E-state index contributed by atoms with van der Waals surface area (Å²) in [7, 11) is 1.17. The van der Waals surface area contributed by atoms with E-state index in [0.717, 1.165) is 6.26 Å². The van der Waals surface area contributed by atoms with E-state index in [-0.39, 0.29) is 16.9 Å². The maximum atomic E-state index is 13.1. The number of methoxy groups -OCH3 is 1. The van der Waals surface area contributed by atoms with Crippen molar-refractivity contribution in [3.05, 3.63) is 47.2 Å². The highest BCUT2D eigenvalue weighted by molar-refractivity contribution is 5.98. The Hall–Kier alpha value is -3.08. The van der Waals surface area contributed by atoms with Crippen molar-refractivity contribution in [1.29, 1.82) is 0 Å². The minimum Gasteiger partial charge on any atom is -0.508 e. The molecule has 0 bridgehead atoms. The summed E-state index contributed by atoms with van der Waals surface area (Å²) >= 11 is 0. The van der Waals surface area contributed by atoms with Gasteiger partial charge in [-0.05, 0) is 23.8 Å². The molecular weight excluding hydrogens is 536 g/mol. The Kier molecular flexibility index (Phi) is 6.63. The van der Waals surface area contributed by atoms with Gasteiger partial charge in [0.15, 0.2) is 11.9 Å². The van der Waals surface area contributed by atoms with Crippen molar-refractivity contribution < 1.29 is 68.6 Å². The van der Waals surface area contributed by atoms with Crippen LogP contribution in [0.5, 0.6) is 5.75 Å². The van der Waals surface area contributed by atoms with Crippen LogP contribution in [0.1, 0.15) is 5.56 Å². The highest BCUT2D eigenvalue weighted by Crippen LogP contribution is 2.64. The Balaban J connectivity index is 1.37. The average molecular weight is 564 g/mol. The van der Waals surface area contributed by atoms with Gasteiger partial charge in [-0.2, -0.15) is 0 Å². The second-order valence-corrected chi connectivity index (χ2v) is 10.3. The van der Waals surface area contributed by atoms with E-state index in [0.29, 0.717) is 5.56 Å². The third-order valence-electron chi connectivity index (χ3n) is 8.19. The zero-order chi connectivity index (χ0) is 28.5. The number of esters is 2. The zero-order valence-corrected chi connectivity index (χ0v) is 21.0. The lowest BCUT2D eigenvalue weighted by atomic mass is 9.75. The first-order valence-corrected chi connectivity index (χ1v) is 12.6. The van der Waals surface area contributed by atoms with Crippen molar-refractivity contribution in [2.75, 3.05) is 13.7 Å². The molecule has 1 saturated carbocycles. The fourth-order valence-electron chi connectivity index (χ4n) is 6.20. The molecule has 14 nitrogen and oxygen atoms in total. The molecule has 4 aliphatic heterocycles. The van der Waals surface area contributed by atoms with E-state index in [4.69, 9.17) is 28.4 Å². The fourth-order valence-corrected chi connectivity index (χ4v) is 6.20. The molecule has 0 aromatic heterocycles. The standard InChI is InChI=1S/C26H28O14/c1-35-22(33)12-8-36-24(39-25-18(31)17(30)16(29)13(7-27)37-25)15-14(12)19-21(38-19)26(15)20(32)11(23(34)40-26)6-9-2-4-10(28)5-3-9/h2-6,8,13-21,24-25,27-32H,7H2,1H3/t13-,14-,15-,16-,17+,18-,19+,20-,21+,24+,25+,26-/m1/s1. The first-order valence-electron chi connectivity index (χ1n) is 12.6. The Bertz CT molecular complexity index is 1240. The van der Waals surface area contributed by atoms with Crippen molar-refractivity contribution >= 4 is 18.0 Å². The van der Waals surface area contributed by atoms with Gasteiger partial charge < -0.3 is 59.1 Å². The van der Waals surface area contributed by atoms with Crippen LogP contribution in [0.15, 0.2) is 41.7 Å². The molecule has 6 N–H and O–H groups in total. The van der Waals surface area contributed by atoms with Crippen molar-refractivity contribution in [1.82, 2.24) is 0 Å². The molecule has 1 aliphatic carbocycles. The molecule has 0 unspecified atom stereocenters. The Morgan fingerprint density at radius 2 is 1.77 bits per heavy atom. The SMILES string of the molecule is COC(=O)C1=CO[C@@H](O[C@@H]2O[C@H](CO)[C@@H](O)[C@H](O)[C@H]2O)[C@H]2[C@@H]1[C@@H]1O[C@@H]1[C@@]21OC(=O)C(=Cc2ccc(O)cc2)[C@H]1O. The largest absolute Gasteiger partial charge is 0.508 e. The third kappa shape index (κ3) is 3.94. The lowest BCUT2D eigenvalue weighted by Gasteiger charge is -2.45. The van der Waals surface area contributed by atoms with Gasteiger partial charge in [-0.3, -0.25) is 0 Å². The zero-order valence-electron chi connectivity index (χ0n) is 21.0. The summed E-state index contributed by atoms with van der Waals surface area (Å²) in [5.41, 5.74) is -1.36. The van der Waals surface area contributed by atoms with Crippen LogP contribution < -0.4 is 0 Å². The van der Waals surface area contributed by atoms with Crippen LogP contribution in [0.2, 0.25) is 0 Å². The molecule has 1 spiro atoms. The number of phenols is 1. The van der Waals surface area contributed by atoms with E-state index in [1.807, 2.05) is 0 Å². The van der Waals surface area contributed by atoms with Gasteiger partial charge in [0, 0.05) is 5.92 Å². The molecule has 5 aliphatic rings. The molecule has 1 aromatic rings. The van der Waals surface area contributed by atoms with Crippen molar-refractivity contribution in [2.45, 2.75) is 60.9 Å². The van der Waals surface area contributed by atoms with Crippen molar-refractivity contribution in [3.8, 4) is 5.75 Å². The fraction of sp³-hybridized carbons (Fsp3) is 0.538. The number of fused-ring (bicyclic) bond motifs is 5. The number of carbonyl (C=O) groups excluding carboxylic acids is 2. The van der Waals surface area contributed by atoms with E-state index < -0.39 is 91.3 Å². The van der Waals surface area contributed by atoms with Gasteiger partial charge in [0.2, 0.25) is 6.29 Å². The molecule has 1 aromatic carbocycles. The Labute approximate surface area is 226 Å². The van der Waals surface area contributed by atoms with Gasteiger partial charge in [-0.25, -0.2) is 9.59 Å². The summed E-state index contributed by atoms with van der Waals surface area (Å²) in [4.78, 5) is 25.8. The summed E-state index contributed by atoms with van der Waals surface area (Å²) < 4.78 is 33.6. The maximum Gasteiger partial charge on any atom is 0.337 e. The highest BCUT2D eigenvalue weighted by Gasteiger charge is 2.81. The molecule has 6 rings (SSSR count). The van der Waals surface area contributed by atoms with Gasteiger partial charge in [0.05, 0.1) is 43.1 Å². The van der Waals surface area contributed by atoms with Crippen LogP contribution >= 0.6 is 0 Å². The first kappa shape index (κ1) is 27.1. The van der Waals surface area contributed by atoms with Crippen LogP contribution in [0, 0.1) is 11.8 Å². The minimum atomic E-state index is -1.79. The predicted molar refractivity (Wildman–Crippen MR) is 126 cm³/mol. The van der Waals surface area contributed by atoms with Gasteiger partial charge in [-0.15, -0.1) is 0 Å². The second-order valence-electron chi connectivity index (χ2n) is 10.3. The summed E-state index contributed by atoms with van der Waals surface area (Å²) in [6, 6.07) is 5.89. The van der Waals surface area contributed by atoms with Crippen LogP contribution in [0.4, 0.5) is 0 Å². The van der Waals surface area contributed by atoms with E-state index in [2.05, 4.69) is 0 Å². The molecule has 216 valence electrons. The Morgan fingerprint density at radius 3 is 2.45 bits per heavy atom. The summed E-state index contributed by atoms with van der Waals surface area (Å²) in [6.07, 6.45) is -10.1. The summed E-state index contributed by atoms with van der Waals surface area (Å²) in [6.45, 7) is -0.696. The molecule has 14 heteroatoms. The van der Waals surface area contributed by atoms with E-state index >= 15 is 0 Å². The van der Waals surface area contributed by atoms with E-state index in [1.54, 1.807) is 0 Å². The number of ether oxygens (including phenoxy) is 6. The van der Waals surface area contributed by atoms with Gasteiger partial charge in [0.1, 0.15) is 42.4 Å². The van der Waals surface area contributed by atoms with Crippen LogP contribution in [-0.2, 0) is 38.0 Å². The first-order chi connectivity index (χ1) is 19.1. The highest BCUT2D eigenvalue weighted by atomic mass is 16.8. The number of rotatable bonds is 5. The third-order valence-corrected chi connectivity index (χ3v) is 8.19. The van der Waals surface area contributed by atoms with Gasteiger partial charge >= 0.3 is 11.9 Å². The molecule has 12 atom stereocenters. The van der Waals surface area contributed by atoms with Crippen molar-refractivity contribution in [2.24, 2.45) is 11.8 Å². The number of aliphatic hydroxyl groups is 5. The molecule has 4 heterocycles. The molecule has 0 radical (unpaired) electrons. The van der Waals surface area contributed by atoms with Gasteiger partial charge in [0.25, 0.3) is 0 Å². The summed E-state index contributed by atoms with van der Waals surface area (Å²) in [5, 5.41) is 61.6. The molecule has 3 saturated heterocycles. The minimum absolute atomic E-state index is 0.00990. The Morgan fingerprint density at radius 1 is 1.05 bits per heavy atom. The number of phenolic OH excluding ortho intramolecular Hbond substituents is 1. The van der Waals surface area contributed by atoms with Crippen LogP contribution in [-0.4, -0.2) is 117 Å². The molecule has 0 amide bonds. The second kappa shape index (κ2) is 9.78. The number of epoxide rings is 1. The molecular formula is C26H28O14.